The molecule has 2 rings (SSSR count). The molecule has 0 fully saturated rings. The molecule has 0 aromatic heterocycles. The molecule has 1 unspecified atom stereocenters. The Kier molecular flexibility index (Phi) is 6.15. The number of phenols is 1. The number of amides is 2. The molecule has 0 aliphatic carbocycles. The number of halogens is 1. The minimum atomic E-state index is -1.17. The van der Waals surface area contributed by atoms with E-state index >= 15 is 0 Å². The molecule has 0 spiro atoms. The van der Waals surface area contributed by atoms with Gasteiger partial charge in [-0.15, -0.1) is 0 Å². The van der Waals surface area contributed by atoms with Crippen molar-refractivity contribution in [1.82, 2.24) is 5.43 Å². The van der Waals surface area contributed by atoms with Crippen molar-refractivity contribution >= 4 is 29.4 Å². The van der Waals surface area contributed by atoms with Crippen molar-refractivity contribution in [3.63, 3.8) is 0 Å². The third-order valence-electron chi connectivity index (χ3n) is 3.50. The van der Waals surface area contributed by atoms with Crippen molar-refractivity contribution in [2.24, 2.45) is 11.0 Å². The number of hydrazone groups is 1. The number of benzene rings is 2. The lowest BCUT2D eigenvalue weighted by molar-refractivity contribution is -0.385. The van der Waals surface area contributed by atoms with Crippen LogP contribution in [0.2, 0.25) is 0 Å². The van der Waals surface area contributed by atoms with E-state index in [1.807, 2.05) is 0 Å². The first-order valence-corrected chi connectivity index (χ1v) is 7.65. The molecule has 0 aliphatic heterocycles. The number of phenolic OH excluding ortho intramolecular Hbond substituents is 1. The summed E-state index contributed by atoms with van der Waals surface area (Å²) in [4.78, 5) is 33.9. The van der Waals surface area contributed by atoms with Crippen molar-refractivity contribution in [2.75, 3.05) is 5.32 Å². The highest BCUT2D eigenvalue weighted by Gasteiger charge is 2.22. The molecule has 27 heavy (non-hydrogen) atoms. The van der Waals surface area contributed by atoms with E-state index in [1.165, 1.54) is 37.3 Å². The maximum Gasteiger partial charge on any atom is 0.311 e. The zero-order valence-corrected chi connectivity index (χ0v) is 14.0. The van der Waals surface area contributed by atoms with Gasteiger partial charge in [-0.25, -0.2) is 9.82 Å². The van der Waals surface area contributed by atoms with Crippen LogP contribution in [0.25, 0.3) is 0 Å². The van der Waals surface area contributed by atoms with Gasteiger partial charge in [0.05, 0.1) is 16.8 Å². The SMILES string of the molecule is CC(C(=O)NN=Cc1ccc(O)c([N+](=O)[O-])c1)C(=O)Nc1ccccc1F. The van der Waals surface area contributed by atoms with Crippen LogP contribution in [0.3, 0.4) is 0 Å². The number of nitrogens with zero attached hydrogens (tertiary/aromatic N) is 2. The number of nitro groups is 1. The van der Waals surface area contributed by atoms with Crippen molar-refractivity contribution in [3.05, 3.63) is 64.0 Å². The number of hydrogen-bond donors (Lipinski definition) is 3. The standard InChI is InChI=1S/C17H15FN4O5/c1-10(16(24)20-13-5-3-2-4-12(13)18)17(25)21-19-9-11-6-7-15(23)14(8-11)22(26)27/h2-10,23H,1H3,(H,20,24)(H,21,25). The molecular weight excluding hydrogens is 359 g/mol. The highest BCUT2D eigenvalue weighted by molar-refractivity contribution is 6.06. The maximum absolute atomic E-state index is 13.5. The molecule has 3 N–H and O–H groups in total. The number of carbonyl (C=O) groups excluding carboxylic acids is 2. The second kappa shape index (κ2) is 8.52. The lowest BCUT2D eigenvalue weighted by Crippen LogP contribution is -2.34. The summed E-state index contributed by atoms with van der Waals surface area (Å²) < 4.78 is 13.5. The van der Waals surface area contributed by atoms with E-state index in [1.54, 1.807) is 0 Å². The van der Waals surface area contributed by atoms with Gasteiger partial charge in [0.2, 0.25) is 5.91 Å². The second-order valence-electron chi connectivity index (χ2n) is 5.43. The fraction of sp³-hybridized carbons (Fsp3) is 0.118. The molecule has 2 aromatic carbocycles. The van der Waals surface area contributed by atoms with Crippen molar-refractivity contribution in [3.8, 4) is 5.75 Å². The number of rotatable bonds is 6. The van der Waals surface area contributed by atoms with Crippen LogP contribution in [-0.4, -0.2) is 28.1 Å². The molecule has 2 aromatic rings. The van der Waals surface area contributed by atoms with E-state index in [0.717, 1.165) is 18.3 Å². The molecule has 1 atom stereocenters. The van der Waals surface area contributed by atoms with Crippen molar-refractivity contribution in [2.45, 2.75) is 6.92 Å². The number of carbonyl (C=O) groups is 2. The molecule has 10 heteroatoms. The summed E-state index contributed by atoms with van der Waals surface area (Å²) in [7, 11) is 0. The Labute approximate surface area is 152 Å². The first kappa shape index (κ1) is 19.5. The van der Waals surface area contributed by atoms with Gasteiger partial charge in [0, 0.05) is 11.6 Å². The summed E-state index contributed by atoms with van der Waals surface area (Å²) in [6.07, 6.45) is 1.12. The maximum atomic E-state index is 13.5. The summed E-state index contributed by atoms with van der Waals surface area (Å²) in [6.45, 7) is 1.31. The predicted molar refractivity (Wildman–Crippen MR) is 94.7 cm³/mol. The first-order valence-electron chi connectivity index (χ1n) is 7.65. The van der Waals surface area contributed by atoms with Gasteiger partial charge in [-0.3, -0.25) is 19.7 Å². The Morgan fingerprint density at radius 2 is 1.96 bits per heavy atom. The third-order valence-corrected chi connectivity index (χ3v) is 3.50. The zero-order chi connectivity index (χ0) is 20.0. The molecule has 2 amide bonds. The average Bonchev–Trinajstić information content (AvgIpc) is 2.63. The lowest BCUT2D eigenvalue weighted by atomic mass is 10.1. The fourth-order valence-corrected chi connectivity index (χ4v) is 1.96. The molecule has 0 bridgehead atoms. The van der Waals surface area contributed by atoms with E-state index < -0.39 is 39.9 Å². The van der Waals surface area contributed by atoms with Gasteiger partial charge in [-0.1, -0.05) is 12.1 Å². The van der Waals surface area contributed by atoms with Gasteiger partial charge >= 0.3 is 5.69 Å². The average molecular weight is 374 g/mol. The Morgan fingerprint density at radius 1 is 1.26 bits per heavy atom. The lowest BCUT2D eigenvalue weighted by Gasteiger charge is -2.11. The number of anilines is 1. The zero-order valence-electron chi connectivity index (χ0n) is 14.0. The van der Waals surface area contributed by atoms with Crippen LogP contribution in [0.1, 0.15) is 12.5 Å². The normalized spacial score (nSPS) is 11.8. The molecule has 0 saturated carbocycles. The summed E-state index contributed by atoms with van der Waals surface area (Å²) in [5.74, 6) is -3.79. The topological polar surface area (TPSA) is 134 Å². The number of nitro benzene ring substituents is 1. The third kappa shape index (κ3) is 5.08. The van der Waals surface area contributed by atoms with E-state index in [2.05, 4.69) is 15.8 Å². The molecule has 0 aliphatic rings. The van der Waals surface area contributed by atoms with Crippen LogP contribution in [-0.2, 0) is 9.59 Å². The quantitative estimate of drug-likeness (QED) is 0.308. The van der Waals surface area contributed by atoms with Crippen LogP contribution in [0, 0.1) is 21.8 Å². The summed E-state index contributed by atoms with van der Waals surface area (Å²) >= 11 is 0. The number of nitrogens with one attached hydrogen (secondary N) is 2. The number of para-hydroxylation sites is 1. The van der Waals surface area contributed by atoms with Gasteiger partial charge in [0.15, 0.2) is 5.75 Å². The Bertz CT molecular complexity index is 916. The van der Waals surface area contributed by atoms with Crippen LogP contribution < -0.4 is 10.7 Å². The first-order chi connectivity index (χ1) is 12.8. The predicted octanol–water partition coefficient (Wildman–Crippen LogP) is 2.16. The fourth-order valence-electron chi connectivity index (χ4n) is 1.96. The van der Waals surface area contributed by atoms with E-state index in [9.17, 15) is 29.2 Å². The van der Waals surface area contributed by atoms with E-state index in [0.29, 0.717) is 0 Å². The molecular formula is C17H15FN4O5. The highest BCUT2D eigenvalue weighted by Crippen LogP contribution is 2.25. The number of hydrogen-bond acceptors (Lipinski definition) is 6. The van der Waals surface area contributed by atoms with Gasteiger partial charge in [-0.05, 0) is 31.2 Å². The second-order valence-corrected chi connectivity index (χ2v) is 5.43. The number of aromatic hydroxyl groups is 1. The Balaban J connectivity index is 1.97. The van der Waals surface area contributed by atoms with Gasteiger partial charge < -0.3 is 10.4 Å². The smallest absolute Gasteiger partial charge is 0.311 e. The van der Waals surface area contributed by atoms with Crippen molar-refractivity contribution in [1.29, 1.82) is 0 Å². The van der Waals surface area contributed by atoms with Gasteiger partial charge in [0.1, 0.15) is 11.7 Å². The molecule has 0 heterocycles. The van der Waals surface area contributed by atoms with Crippen LogP contribution in [0.5, 0.6) is 5.75 Å². The van der Waals surface area contributed by atoms with Crippen LogP contribution in [0.15, 0.2) is 47.6 Å². The van der Waals surface area contributed by atoms with Gasteiger partial charge in [-0.2, -0.15) is 5.10 Å². The minimum Gasteiger partial charge on any atom is -0.502 e. The summed E-state index contributed by atoms with van der Waals surface area (Å²) in [5.41, 5.74) is 1.81. The monoisotopic (exact) mass is 374 g/mol. The molecule has 140 valence electrons. The molecule has 0 saturated heterocycles. The van der Waals surface area contributed by atoms with Crippen LogP contribution >= 0.6 is 0 Å². The Morgan fingerprint density at radius 3 is 2.63 bits per heavy atom. The molecule has 0 radical (unpaired) electrons. The van der Waals surface area contributed by atoms with Crippen molar-refractivity contribution < 1.29 is 24.0 Å². The van der Waals surface area contributed by atoms with Gasteiger partial charge in [0.25, 0.3) is 5.91 Å². The summed E-state index contributed by atoms with van der Waals surface area (Å²) in [6, 6.07) is 9.06. The largest absolute Gasteiger partial charge is 0.502 e. The highest BCUT2D eigenvalue weighted by atomic mass is 19.1. The van der Waals surface area contributed by atoms with E-state index in [-0.39, 0.29) is 11.3 Å². The molecule has 9 nitrogen and oxygen atoms in total. The minimum absolute atomic E-state index is 0.0537. The summed E-state index contributed by atoms with van der Waals surface area (Å²) in [5, 5.41) is 26.0. The Hall–Kier alpha value is -3.82. The van der Waals surface area contributed by atoms with E-state index in [4.69, 9.17) is 0 Å². The van der Waals surface area contributed by atoms with Crippen LogP contribution in [0.4, 0.5) is 15.8 Å².